The first-order chi connectivity index (χ1) is 9.56. The molecule has 2 bridgehead atoms. The highest BCUT2D eigenvalue weighted by Gasteiger charge is 2.36. The van der Waals surface area contributed by atoms with Gasteiger partial charge in [0.2, 0.25) is 5.82 Å². The number of anilines is 2. The molecule has 0 saturated carbocycles. The monoisotopic (exact) mass is 277 g/mol. The van der Waals surface area contributed by atoms with E-state index < -0.39 is 0 Å². The molecule has 2 unspecified atom stereocenters. The number of nitro groups is 1. The van der Waals surface area contributed by atoms with Gasteiger partial charge in [-0.05, 0) is 32.4 Å². The van der Waals surface area contributed by atoms with Gasteiger partial charge in [0.05, 0.1) is 4.92 Å². The van der Waals surface area contributed by atoms with Gasteiger partial charge in [0.1, 0.15) is 5.82 Å². The Morgan fingerprint density at radius 2 is 2.10 bits per heavy atom. The molecular weight excluding hydrogens is 258 g/mol. The van der Waals surface area contributed by atoms with E-state index in [4.69, 9.17) is 5.73 Å². The zero-order valence-corrected chi connectivity index (χ0v) is 11.5. The number of likely N-dealkylation sites (N-methyl/N-ethyl adjacent to an activating group) is 1. The van der Waals surface area contributed by atoms with Crippen LogP contribution in [0.1, 0.15) is 19.3 Å². The largest absolute Gasteiger partial charge is 0.384 e. The van der Waals surface area contributed by atoms with Crippen LogP contribution in [0.3, 0.4) is 0 Å². The van der Waals surface area contributed by atoms with Gasteiger partial charge in [0, 0.05) is 31.2 Å². The number of nitrogens with zero attached hydrogens (tertiary/aromatic N) is 4. The standard InChI is InChI=1S/C13H19N5O2/c1-16-9-2-3-10(16)8-17(7-6-9)13-11(18(19)20)4-5-12(14)15-13/h4-5,9-10H,2-3,6-8H2,1H3,(H2,14,15). The zero-order valence-electron chi connectivity index (χ0n) is 11.5. The number of hydrogen-bond donors (Lipinski definition) is 1. The molecule has 0 amide bonds. The van der Waals surface area contributed by atoms with Crippen LogP contribution in [0, 0.1) is 10.1 Å². The predicted molar refractivity (Wildman–Crippen MR) is 76.7 cm³/mol. The van der Waals surface area contributed by atoms with Crippen LogP contribution in [-0.2, 0) is 0 Å². The number of rotatable bonds is 2. The molecule has 0 aliphatic carbocycles. The molecule has 2 saturated heterocycles. The molecule has 2 atom stereocenters. The molecule has 2 fully saturated rings. The second kappa shape index (κ2) is 4.90. The maximum absolute atomic E-state index is 11.2. The number of pyridine rings is 1. The van der Waals surface area contributed by atoms with Gasteiger partial charge in [0.15, 0.2) is 0 Å². The fraction of sp³-hybridized carbons (Fsp3) is 0.615. The van der Waals surface area contributed by atoms with E-state index in [1.54, 1.807) is 0 Å². The van der Waals surface area contributed by atoms with E-state index in [1.807, 2.05) is 4.90 Å². The van der Waals surface area contributed by atoms with E-state index in [1.165, 1.54) is 18.6 Å². The lowest BCUT2D eigenvalue weighted by molar-refractivity contribution is -0.384. The van der Waals surface area contributed by atoms with E-state index >= 15 is 0 Å². The summed E-state index contributed by atoms with van der Waals surface area (Å²) in [6.07, 6.45) is 3.38. The Labute approximate surface area is 117 Å². The van der Waals surface area contributed by atoms with Gasteiger partial charge in [-0.1, -0.05) is 0 Å². The Balaban J connectivity index is 1.93. The molecule has 2 N–H and O–H groups in total. The number of nitrogens with two attached hydrogens (primary N) is 1. The molecule has 108 valence electrons. The second-order valence-electron chi connectivity index (χ2n) is 5.62. The van der Waals surface area contributed by atoms with Crippen molar-refractivity contribution in [2.24, 2.45) is 0 Å². The predicted octanol–water partition coefficient (Wildman–Crippen LogP) is 1.24. The van der Waals surface area contributed by atoms with Crippen molar-refractivity contribution in [2.45, 2.75) is 31.3 Å². The topological polar surface area (TPSA) is 88.5 Å². The number of aromatic nitrogens is 1. The summed E-state index contributed by atoms with van der Waals surface area (Å²) < 4.78 is 0. The van der Waals surface area contributed by atoms with E-state index in [2.05, 4.69) is 16.9 Å². The summed E-state index contributed by atoms with van der Waals surface area (Å²) in [5, 5.41) is 11.2. The van der Waals surface area contributed by atoms with Gasteiger partial charge in [-0.2, -0.15) is 0 Å². The Hall–Kier alpha value is -1.89. The molecule has 1 aromatic rings. The van der Waals surface area contributed by atoms with Gasteiger partial charge < -0.3 is 10.6 Å². The highest BCUT2D eigenvalue weighted by molar-refractivity contribution is 5.61. The molecule has 0 spiro atoms. The molecule has 3 heterocycles. The van der Waals surface area contributed by atoms with Gasteiger partial charge in [0.25, 0.3) is 0 Å². The van der Waals surface area contributed by atoms with Gasteiger partial charge in [-0.25, -0.2) is 4.98 Å². The van der Waals surface area contributed by atoms with E-state index in [9.17, 15) is 10.1 Å². The maximum atomic E-state index is 11.2. The normalized spacial score (nSPS) is 26.6. The quantitative estimate of drug-likeness (QED) is 0.646. The Kier molecular flexibility index (Phi) is 3.21. The molecule has 2 aliphatic rings. The molecule has 20 heavy (non-hydrogen) atoms. The lowest BCUT2D eigenvalue weighted by Gasteiger charge is -2.26. The van der Waals surface area contributed by atoms with Crippen LogP contribution in [0.5, 0.6) is 0 Å². The molecule has 3 rings (SSSR count). The van der Waals surface area contributed by atoms with Crippen molar-refractivity contribution in [1.82, 2.24) is 9.88 Å². The van der Waals surface area contributed by atoms with Gasteiger partial charge in [-0.15, -0.1) is 0 Å². The SMILES string of the molecule is CN1C2CCC1CN(c1nc(N)ccc1[N+](=O)[O-])CC2. The fourth-order valence-corrected chi connectivity index (χ4v) is 3.33. The molecule has 7 nitrogen and oxygen atoms in total. The summed E-state index contributed by atoms with van der Waals surface area (Å²) in [5.41, 5.74) is 5.75. The van der Waals surface area contributed by atoms with Crippen molar-refractivity contribution in [1.29, 1.82) is 0 Å². The fourth-order valence-electron chi connectivity index (χ4n) is 3.33. The molecule has 0 aromatic carbocycles. The Bertz CT molecular complexity index is 535. The van der Waals surface area contributed by atoms with Crippen LogP contribution in [0.4, 0.5) is 17.3 Å². The minimum atomic E-state index is -0.380. The third-order valence-corrected chi connectivity index (χ3v) is 4.52. The minimum absolute atomic E-state index is 0.0413. The summed E-state index contributed by atoms with van der Waals surface area (Å²) in [7, 11) is 2.15. The maximum Gasteiger partial charge on any atom is 0.311 e. The van der Waals surface area contributed by atoms with Crippen LogP contribution >= 0.6 is 0 Å². The zero-order chi connectivity index (χ0) is 14.3. The molecule has 7 heteroatoms. The summed E-state index contributed by atoms with van der Waals surface area (Å²) in [6, 6.07) is 3.97. The number of hydrogen-bond acceptors (Lipinski definition) is 6. The molecule has 0 radical (unpaired) electrons. The Morgan fingerprint density at radius 1 is 1.35 bits per heavy atom. The van der Waals surface area contributed by atoms with E-state index in [0.717, 1.165) is 25.9 Å². The molecular formula is C13H19N5O2. The van der Waals surface area contributed by atoms with Crippen LogP contribution in [0.15, 0.2) is 12.1 Å². The third kappa shape index (κ3) is 2.18. The average molecular weight is 277 g/mol. The van der Waals surface area contributed by atoms with Crippen molar-refractivity contribution in [2.75, 3.05) is 30.8 Å². The average Bonchev–Trinajstić information content (AvgIpc) is 2.62. The van der Waals surface area contributed by atoms with Gasteiger partial charge in [-0.3, -0.25) is 15.0 Å². The van der Waals surface area contributed by atoms with Crippen LogP contribution in [0.25, 0.3) is 0 Å². The van der Waals surface area contributed by atoms with Crippen molar-refractivity contribution in [3.8, 4) is 0 Å². The first-order valence-electron chi connectivity index (χ1n) is 6.94. The van der Waals surface area contributed by atoms with E-state index in [-0.39, 0.29) is 10.6 Å². The second-order valence-corrected chi connectivity index (χ2v) is 5.62. The molecule has 2 aliphatic heterocycles. The van der Waals surface area contributed by atoms with Crippen molar-refractivity contribution in [3.63, 3.8) is 0 Å². The Morgan fingerprint density at radius 3 is 2.85 bits per heavy atom. The van der Waals surface area contributed by atoms with Crippen LogP contribution in [-0.4, -0.2) is 47.0 Å². The van der Waals surface area contributed by atoms with Crippen molar-refractivity contribution < 1.29 is 4.92 Å². The van der Waals surface area contributed by atoms with Crippen LogP contribution in [0.2, 0.25) is 0 Å². The summed E-state index contributed by atoms with van der Waals surface area (Å²) in [4.78, 5) is 19.4. The third-order valence-electron chi connectivity index (χ3n) is 4.52. The van der Waals surface area contributed by atoms with Gasteiger partial charge >= 0.3 is 5.69 Å². The van der Waals surface area contributed by atoms with Crippen LogP contribution < -0.4 is 10.6 Å². The van der Waals surface area contributed by atoms with Crippen molar-refractivity contribution >= 4 is 17.3 Å². The first kappa shape index (κ1) is 13.1. The summed E-state index contributed by atoms with van der Waals surface area (Å²) in [5.74, 6) is 0.740. The highest BCUT2D eigenvalue weighted by atomic mass is 16.6. The lowest BCUT2D eigenvalue weighted by Crippen LogP contribution is -2.37. The number of fused-ring (bicyclic) bond motifs is 2. The molecule has 1 aromatic heterocycles. The summed E-state index contributed by atoms with van der Waals surface area (Å²) in [6.45, 7) is 1.58. The number of nitrogen functional groups attached to an aromatic ring is 1. The van der Waals surface area contributed by atoms with Crippen molar-refractivity contribution in [3.05, 3.63) is 22.2 Å². The lowest BCUT2D eigenvalue weighted by atomic mass is 10.1. The minimum Gasteiger partial charge on any atom is -0.384 e. The first-order valence-corrected chi connectivity index (χ1v) is 6.94. The smallest absolute Gasteiger partial charge is 0.311 e. The van der Waals surface area contributed by atoms with E-state index in [0.29, 0.717) is 23.7 Å². The summed E-state index contributed by atoms with van der Waals surface area (Å²) >= 11 is 0. The highest BCUT2D eigenvalue weighted by Crippen LogP contribution is 2.33.